The van der Waals surface area contributed by atoms with Crippen LogP contribution < -0.4 is 10.6 Å². The van der Waals surface area contributed by atoms with Gasteiger partial charge in [-0.2, -0.15) is 0 Å². The Morgan fingerprint density at radius 1 is 1.32 bits per heavy atom. The molecule has 0 fully saturated rings. The van der Waals surface area contributed by atoms with E-state index in [0.717, 1.165) is 37.3 Å². The molecule has 0 spiro atoms. The first-order chi connectivity index (χ1) is 9.11. The van der Waals surface area contributed by atoms with Crippen LogP contribution in [0.25, 0.3) is 0 Å². The molecule has 3 nitrogen and oxygen atoms in total. The van der Waals surface area contributed by atoms with Gasteiger partial charge in [0.1, 0.15) is 5.82 Å². The van der Waals surface area contributed by atoms with Gasteiger partial charge < -0.3 is 15.5 Å². The van der Waals surface area contributed by atoms with E-state index in [1.165, 1.54) is 12.1 Å². The Bertz CT molecular complexity index is 387. The maximum absolute atomic E-state index is 12.7. The number of rotatable bonds is 8. The molecule has 1 aromatic carbocycles. The predicted octanol–water partition coefficient (Wildman–Crippen LogP) is 2.32. The average Bonchev–Trinajstić information content (AvgIpc) is 2.40. The van der Waals surface area contributed by atoms with Crippen molar-refractivity contribution in [1.82, 2.24) is 15.5 Å². The van der Waals surface area contributed by atoms with Gasteiger partial charge in [-0.25, -0.2) is 4.39 Å². The van der Waals surface area contributed by atoms with Gasteiger partial charge in [0.15, 0.2) is 0 Å². The number of benzene rings is 1. The van der Waals surface area contributed by atoms with E-state index in [-0.39, 0.29) is 5.82 Å². The highest BCUT2D eigenvalue weighted by atomic mass is 19.1. The quantitative estimate of drug-likeness (QED) is 0.706. The normalized spacial score (nSPS) is 11.5. The van der Waals surface area contributed by atoms with Gasteiger partial charge in [-0.3, -0.25) is 0 Å². The van der Waals surface area contributed by atoms with Gasteiger partial charge in [0.2, 0.25) is 0 Å². The average molecular weight is 265 g/mol. The summed E-state index contributed by atoms with van der Waals surface area (Å²) in [7, 11) is 3.99. The summed E-state index contributed by atoms with van der Waals surface area (Å²) in [6.07, 6.45) is 3.17. The molecule has 4 heteroatoms. The van der Waals surface area contributed by atoms with Gasteiger partial charge in [-0.1, -0.05) is 12.1 Å². The summed E-state index contributed by atoms with van der Waals surface area (Å²) >= 11 is 0. The molecule has 0 unspecified atom stereocenters. The first-order valence-corrected chi connectivity index (χ1v) is 6.63. The molecule has 2 N–H and O–H groups in total. The van der Waals surface area contributed by atoms with Crippen LogP contribution in [0.3, 0.4) is 0 Å². The van der Waals surface area contributed by atoms with Gasteiger partial charge in [0.25, 0.3) is 0 Å². The second kappa shape index (κ2) is 8.53. The number of allylic oxidation sites excluding steroid dienone is 1. The van der Waals surface area contributed by atoms with Crippen molar-refractivity contribution < 1.29 is 4.39 Å². The molecule has 0 saturated heterocycles. The van der Waals surface area contributed by atoms with E-state index in [1.807, 2.05) is 26.1 Å². The van der Waals surface area contributed by atoms with Gasteiger partial charge in [-0.15, -0.1) is 0 Å². The Morgan fingerprint density at radius 3 is 2.63 bits per heavy atom. The summed E-state index contributed by atoms with van der Waals surface area (Å²) in [6, 6.07) is 6.62. The van der Waals surface area contributed by atoms with Crippen molar-refractivity contribution in [1.29, 1.82) is 0 Å². The zero-order valence-electron chi connectivity index (χ0n) is 12.0. The zero-order chi connectivity index (χ0) is 14.1. The van der Waals surface area contributed by atoms with Gasteiger partial charge in [-0.05, 0) is 37.6 Å². The summed E-state index contributed by atoms with van der Waals surface area (Å²) in [5.41, 5.74) is 2.27. The van der Waals surface area contributed by atoms with E-state index in [2.05, 4.69) is 28.8 Å². The van der Waals surface area contributed by atoms with E-state index in [4.69, 9.17) is 0 Å². The fourth-order valence-electron chi connectivity index (χ4n) is 1.75. The van der Waals surface area contributed by atoms with Crippen LogP contribution in [-0.2, 0) is 6.54 Å². The summed E-state index contributed by atoms with van der Waals surface area (Å²) in [5, 5.41) is 6.46. The summed E-state index contributed by atoms with van der Waals surface area (Å²) < 4.78 is 12.7. The molecule has 19 heavy (non-hydrogen) atoms. The number of nitrogens with one attached hydrogen (secondary N) is 2. The number of hydrogen-bond donors (Lipinski definition) is 2. The van der Waals surface area contributed by atoms with E-state index in [9.17, 15) is 4.39 Å². The fourth-order valence-corrected chi connectivity index (χ4v) is 1.75. The number of hydrogen-bond acceptors (Lipinski definition) is 3. The molecule has 0 saturated carbocycles. The first-order valence-electron chi connectivity index (χ1n) is 6.63. The second-order valence-corrected chi connectivity index (χ2v) is 4.70. The third-order valence-corrected chi connectivity index (χ3v) is 2.92. The molecule has 0 atom stereocenters. The van der Waals surface area contributed by atoms with Crippen LogP contribution in [-0.4, -0.2) is 32.1 Å². The molecule has 0 aliphatic carbocycles. The number of nitrogens with zero attached hydrogens (tertiary/aromatic N) is 1. The fraction of sp³-hybridized carbons (Fsp3) is 0.467. The third-order valence-electron chi connectivity index (χ3n) is 2.92. The molecule has 1 rings (SSSR count). The lowest BCUT2D eigenvalue weighted by atomic mass is 10.2. The van der Waals surface area contributed by atoms with Crippen LogP contribution in [0.15, 0.2) is 36.2 Å². The second-order valence-electron chi connectivity index (χ2n) is 4.70. The maximum Gasteiger partial charge on any atom is 0.123 e. The van der Waals surface area contributed by atoms with Crippen molar-refractivity contribution in [3.63, 3.8) is 0 Å². The van der Waals surface area contributed by atoms with Gasteiger partial charge >= 0.3 is 0 Å². The smallest absolute Gasteiger partial charge is 0.123 e. The van der Waals surface area contributed by atoms with Crippen LogP contribution in [0.2, 0.25) is 0 Å². The lowest BCUT2D eigenvalue weighted by Gasteiger charge is -2.15. The first kappa shape index (κ1) is 15.5. The summed E-state index contributed by atoms with van der Waals surface area (Å²) in [4.78, 5) is 2.17. The van der Waals surface area contributed by atoms with Crippen molar-refractivity contribution in [2.24, 2.45) is 0 Å². The minimum atomic E-state index is -0.183. The SMILES string of the molecule is CN/C(C)=C\N(C)CCCNCc1ccc(F)cc1. The maximum atomic E-state index is 12.7. The van der Waals surface area contributed by atoms with Crippen molar-refractivity contribution in [3.8, 4) is 0 Å². The highest BCUT2D eigenvalue weighted by molar-refractivity contribution is 5.15. The van der Waals surface area contributed by atoms with Gasteiger partial charge in [0.05, 0.1) is 0 Å². The van der Waals surface area contributed by atoms with Crippen LogP contribution in [0, 0.1) is 5.82 Å². The van der Waals surface area contributed by atoms with Crippen LogP contribution in [0.4, 0.5) is 4.39 Å². The van der Waals surface area contributed by atoms with Crippen molar-refractivity contribution in [2.45, 2.75) is 19.9 Å². The standard InChI is InChI=1S/C15H24FN3/c1-13(17-2)12-19(3)10-4-9-18-11-14-5-7-15(16)8-6-14/h5-8,12,17-18H,4,9-11H2,1-3H3/b13-12-. The Morgan fingerprint density at radius 2 is 2.00 bits per heavy atom. The van der Waals surface area contributed by atoms with Crippen LogP contribution in [0.5, 0.6) is 0 Å². The topological polar surface area (TPSA) is 27.3 Å². The zero-order valence-corrected chi connectivity index (χ0v) is 12.0. The summed E-state index contributed by atoms with van der Waals surface area (Å²) in [5.74, 6) is -0.183. The third kappa shape index (κ3) is 6.82. The predicted molar refractivity (Wildman–Crippen MR) is 78.2 cm³/mol. The Hall–Kier alpha value is -1.55. The molecule has 0 amide bonds. The Balaban J connectivity index is 2.13. The lowest BCUT2D eigenvalue weighted by molar-refractivity contribution is 0.430. The van der Waals surface area contributed by atoms with Crippen molar-refractivity contribution >= 4 is 0 Å². The summed E-state index contributed by atoms with van der Waals surface area (Å²) in [6.45, 7) is 4.79. The molecular weight excluding hydrogens is 241 g/mol. The molecule has 0 aromatic heterocycles. The molecule has 0 bridgehead atoms. The molecule has 0 radical (unpaired) electrons. The molecular formula is C15H24FN3. The lowest BCUT2D eigenvalue weighted by Crippen LogP contribution is -2.21. The van der Waals surface area contributed by atoms with E-state index < -0.39 is 0 Å². The highest BCUT2D eigenvalue weighted by Gasteiger charge is 1.96. The van der Waals surface area contributed by atoms with Crippen LogP contribution in [0.1, 0.15) is 18.9 Å². The van der Waals surface area contributed by atoms with Gasteiger partial charge in [0, 0.05) is 39.1 Å². The molecule has 0 aliphatic heterocycles. The number of halogens is 1. The van der Waals surface area contributed by atoms with Crippen molar-refractivity contribution in [3.05, 3.63) is 47.5 Å². The molecule has 0 heterocycles. The van der Waals surface area contributed by atoms with E-state index in [1.54, 1.807) is 0 Å². The van der Waals surface area contributed by atoms with Crippen molar-refractivity contribution in [2.75, 3.05) is 27.2 Å². The van der Waals surface area contributed by atoms with E-state index >= 15 is 0 Å². The molecule has 0 aliphatic rings. The van der Waals surface area contributed by atoms with Crippen LogP contribution >= 0.6 is 0 Å². The minimum absolute atomic E-state index is 0.183. The Labute approximate surface area is 115 Å². The minimum Gasteiger partial charge on any atom is -0.390 e. The molecule has 106 valence electrons. The Kier molecular flexibility index (Phi) is 6.97. The highest BCUT2D eigenvalue weighted by Crippen LogP contribution is 2.02. The molecule has 1 aromatic rings. The van der Waals surface area contributed by atoms with E-state index in [0.29, 0.717) is 0 Å². The monoisotopic (exact) mass is 265 g/mol. The largest absolute Gasteiger partial charge is 0.390 e.